The van der Waals surface area contributed by atoms with Crippen molar-refractivity contribution in [2.24, 2.45) is 4.99 Å². The summed E-state index contributed by atoms with van der Waals surface area (Å²) in [6.45, 7) is 7.76. The molecular formula is C20H34IN3O3. The molecule has 154 valence electrons. The molecule has 2 N–H and O–H groups in total. The molecule has 0 bridgehead atoms. The van der Waals surface area contributed by atoms with E-state index in [1.807, 2.05) is 6.92 Å². The molecule has 0 aromatic heterocycles. The summed E-state index contributed by atoms with van der Waals surface area (Å²) in [5.41, 5.74) is 1.35. The molecule has 1 aromatic carbocycles. The Balaban J connectivity index is 0.00000364. The SMILES string of the molecule is CCOc1ccc(C2(CNC(=NC)NC(C)COC)CCOCC2)cc1.I. The predicted octanol–water partition coefficient (Wildman–Crippen LogP) is 2.95. The molecule has 0 saturated carbocycles. The van der Waals surface area contributed by atoms with Gasteiger partial charge in [-0.15, -0.1) is 24.0 Å². The van der Waals surface area contributed by atoms with Crippen LogP contribution in [0, 0.1) is 0 Å². The van der Waals surface area contributed by atoms with Gasteiger partial charge in [0.25, 0.3) is 0 Å². The average molecular weight is 491 g/mol. The van der Waals surface area contributed by atoms with E-state index < -0.39 is 0 Å². The molecule has 1 fully saturated rings. The monoisotopic (exact) mass is 491 g/mol. The minimum atomic E-state index is 0. The van der Waals surface area contributed by atoms with Crippen LogP contribution in [-0.4, -0.2) is 59.1 Å². The fourth-order valence-electron chi connectivity index (χ4n) is 3.37. The first kappa shape index (κ1) is 24.0. The van der Waals surface area contributed by atoms with Crippen LogP contribution in [0.4, 0.5) is 0 Å². The summed E-state index contributed by atoms with van der Waals surface area (Å²) in [7, 11) is 3.50. The van der Waals surface area contributed by atoms with E-state index in [1.165, 1.54) is 5.56 Å². The standard InChI is InChI=1S/C20H33N3O3.HI/c1-5-26-18-8-6-17(7-9-18)20(10-12-25-13-11-20)15-22-19(21-3)23-16(2)14-24-4;/h6-9,16H,5,10-15H2,1-4H3,(H2,21,22,23);1H. The van der Waals surface area contributed by atoms with E-state index in [-0.39, 0.29) is 35.4 Å². The Morgan fingerprint density at radius 3 is 2.48 bits per heavy atom. The van der Waals surface area contributed by atoms with Gasteiger partial charge in [-0.1, -0.05) is 12.1 Å². The van der Waals surface area contributed by atoms with Crippen LogP contribution >= 0.6 is 24.0 Å². The molecular weight excluding hydrogens is 457 g/mol. The first-order chi connectivity index (χ1) is 12.6. The van der Waals surface area contributed by atoms with Gasteiger partial charge in [0.2, 0.25) is 0 Å². The van der Waals surface area contributed by atoms with Gasteiger partial charge in [-0.05, 0) is 44.4 Å². The second kappa shape index (κ2) is 12.4. The highest BCUT2D eigenvalue weighted by Gasteiger charge is 2.34. The summed E-state index contributed by atoms with van der Waals surface area (Å²) in [4.78, 5) is 4.35. The Labute approximate surface area is 180 Å². The molecule has 1 aliphatic heterocycles. The van der Waals surface area contributed by atoms with Crippen molar-refractivity contribution in [1.29, 1.82) is 0 Å². The number of guanidine groups is 1. The lowest BCUT2D eigenvalue weighted by Crippen LogP contribution is -2.50. The summed E-state index contributed by atoms with van der Waals surface area (Å²) in [6.07, 6.45) is 1.97. The molecule has 0 radical (unpaired) electrons. The van der Waals surface area contributed by atoms with Gasteiger partial charge >= 0.3 is 0 Å². The molecule has 1 saturated heterocycles. The molecule has 0 aliphatic carbocycles. The van der Waals surface area contributed by atoms with Crippen LogP contribution in [0.1, 0.15) is 32.3 Å². The van der Waals surface area contributed by atoms with E-state index in [1.54, 1.807) is 14.2 Å². The zero-order chi connectivity index (χ0) is 18.8. The first-order valence-corrected chi connectivity index (χ1v) is 9.40. The van der Waals surface area contributed by atoms with Crippen molar-refractivity contribution < 1.29 is 14.2 Å². The highest BCUT2D eigenvalue weighted by molar-refractivity contribution is 14.0. The van der Waals surface area contributed by atoms with Crippen molar-refractivity contribution in [3.63, 3.8) is 0 Å². The minimum absolute atomic E-state index is 0. The van der Waals surface area contributed by atoms with Gasteiger partial charge in [0.05, 0.1) is 13.2 Å². The van der Waals surface area contributed by atoms with E-state index in [9.17, 15) is 0 Å². The maximum Gasteiger partial charge on any atom is 0.191 e. The summed E-state index contributed by atoms with van der Waals surface area (Å²) in [5, 5.41) is 6.87. The van der Waals surface area contributed by atoms with Crippen molar-refractivity contribution in [2.45, 2.75) is 38.1 Å². The summed E-state index contributed by atoms with van der Waals surface area (Å²) < 4.78 is 16.4. The molecule has 27 heavy (non-hydrogen) atoms. The van der Waals surface area contributed by atoms with Gasteiger partial charge in [0, 0.05) is 45.4 Å². The fourth-order valence-corrected chi connectivity index (χ4v) is 3.37. The number of rotatable bonds is 8. The number of nitrogens with one attached hydrogen (secondary N) is 2. The number of hydrogen-bond donors (Lipinski definition) is 2. The topological polar surface area (TPSA) is 64.1 Å². The predicted molar refractivity (Wildman–Crippen MR) is 121 cm³/mol. The second-order valence-corrected chi connectivity index (χ2v) is 6.78. The number of aliphatic imine (C=N–C) groups is 1. The number of benzene rings is 1. The summed E-state index contributed by atoms with van der Waals surface area (Å²) >= 11 is 0. The van der Waals surface area contributed by atoms with Crippen LogP contribution in [-0.2, 0) is 14.9 Å². The maximum absolute atomic E-state index is 5.62. The zero-order valence-electron chi connectivity index (χ0n) is 16.9. The third kappa shape index (κ3) is 7.12. The van der Waals surface area contributed by atoms with Crippen molar-refractivity contribution >= 4 is 29.9 Å². The van der Waals surface area contributed by atoms with Gasteiger partial charge < -0.3 is 24.8 Å². The smallest absolute Gasteiger partial charge is 0.191 e. The van der Waals surface area contributed by atoms with Crippen molar-refractivity contribution in [1.82, 2.24) is 10.6 Å². The van der Waals surface area contributed by atoms with E-state index in [2.05, 4.69) is 46.8 Å². The Morgan fingerprint density at radius 2 is 1.93 bits per heavy atom. The van der Waals surface area contributed by atoms with Gasteiger partial charge in [0.1, 0.15) is 5.75 Å². The Bertz CT molecular complexity index is 560. The lowest BCUT2D eigenvalue weighted by Gasteiger charge is -2.38. The quantitative estimate of drug-likeness (QED) is 0.333. The summed E-state index contributed by atoms with van der Waals surface area (Å²) in [6, 6.07) is 8.68. The molecule has 0 amide bonds. The molecule has 1 aliphatic rings. The number of ether oxygens (including phenoxy) is 3. The molecule has 1 aromatic rings. The van der Waals surface area contributed by atoms with E-state index in [4.69, 9.17) is 14.2 Å². The first-order valence-electron chi connectivity index (χ1n) is 9.40. The average Bonchev–Trinajstić information content (AvgIpc) is 2.67. The lowest BCUT2D eigenvalue weighted by atomic mass is 9.74. The number of nitrogens with zero attached hydrogens (tertiary/aromatic N) is 1. The van der Waals surface area contributed by atoms with Crippen molar-refractivity contribution in [2.75, 3.05) is 47.1 Å². The molecule has 1 atom stereocenters. The fraction of sp³-hybridized carbons (Fsp3) is 0.650. The van der Waals surface area contributed by atoms with Crippen LogP contribution in [0.25, 0.3) is 0 Å². The highest BCUT2D eigenvalue weighted by Crippen LogP contribution is 2.35. The normalized spacial score (nSPS) is 17.6. The second-order valence-electron chi connectivity index (χ2n) is 6.78. The largest absolute Gasteiger partial charge is 0.494 e. The number of halogens is 1. The van der Waals surface area contributed by atoms with E-state index >= 15 is 0 Å². The molecule has 1 unspecified atom stereocenters. The Morgan fingerprint density at radius 1 is 1.26 bits per heavy atom. The molecule has 0 spiro atoms. The van der Waals surface area contributed by atoms with Crippen LogP contribution < -0.4 is 15.4 Å². The summed E-state index contributed by atoms with van der Waals surface area (Å²) in [5.74, 6) is 1.71. The van der Waals surface area contributed by atoms with Crippen molar-refractivity contribution in [3.05, 3.63) is 29.8 Å². The van der Waals surface area contributed by atoms with Gasteiger partial charge in [-0.3, -0.25) is 4.99 Å². The number of methoxy groups -OCH3 is 1. The van der Waals surface area contributed by atoms with Gasteiger partial charge in [0.15, 0.2) is 5.96 Å². The van der Waals surface area contributed by atoms with Gasteiger partial charge in [-0.2, -0.15) is 0 Å². The minimum Gasteiger partial charge on any atom is -0.494 e. The Kier molecular flexibility index (Phi) is 11.0. The molecule has 6 nitrogen and oxygen atoms in total. The Hall–Kier alpha value is -1.06. The molecule has 2 rings (SSSR count). The maximum atomic E-state index is 5.62. The lowest BCUT2D eigenvalue weighted by molar-refractivity contribution is 0.0513. The van der Waals surface area contributed by atoms with Crippen LogP contribution in [0.3, 0.4) is 0 Å². The van der Waals surface area contributed by atoms with Crippen molar-refractivity contribution in [3.8, 4) is 5.75 Å². The van der Waals surface area contributed by atoms with Crippen LogP contribution in [0.5, 0.6) is 5.75 Å². The molecule has 7 heteroatoms. The molecule has 1 heterocycles. The van der Waals surface area contributed by atoms with E-state index in [0.29, 0.717) is 13.2 Å². The van der Waals surface area contributed by atoms with E-state index in [0.717, 1.165) is 44.3 Å². The van der Waals surface area contributed by atoms with Gasteiger partial charge in [-0.25, -0.2) is 0 Å². The third-order valence-electron chi connectivity index (χ3n) is 4.85. The number of hydrogen-bond acceptors (Lipinski definition) is 4. The zero-order valence-corrected chi connectivity index (χ0v) is 19.2. The third-order valence-corrected chi connectivity index (χ3v) is 4.85. The van der Waals surface area contributed by atoms with Crippen LogP contribution in [0.15, 0.2) is 29.3 Å². The highest BCUT2D eigenvalue weighted by atomic mass is 127. The van der Waals surface area contributed by atoms with Crippen LogP contribution in [0.2, 0.25) is 0 Å².